The molecule has 0 amide bonds. The van der Waals surface area contributed by atoms with Crippen LogP contribution in [0.2, 0.25) is 0 Å². The highest BCUT2D eigenvalue weighted by molar-refractivity contribution is 5.45. The van der Waals surface area contributed by atoms with E-state index in [4.69, 9.17) is 0 Å². The molecule has 1 fully saturated rings. The molecule has 1 aliphatic heterocycles. The van der Waals surface area contributed by atoms with Gasteiger partial charge in [-0.3, -0.25) is 4.98 Å². The van der Waals surface area contributed by atoms with Crippen LogP contribution in [0.15, 0.2) is 12.3 Å². The Labute approximate surface area is 133 Å². The van der Waals surface area contributed by atoms with Crippen molar-refractivity contribution in [3.8, 4) is 0 Å². The van der Waals surface area contributed by atoms with Crippen molar-refractivity contribution < 1.29 is 9.50 Å². The topological polar surface area (TPSA) is 39.6 Å². The third kappa shape index (κ3) is 4.17. The summed E-state index contributed by atoms with van der Waals surface area (Å²) in [6, 6.07) is 1.58. The van der Waals surface area contributed by atoms with Crippen molar-refractivity contribution in [2.24, 2.45) is 0 Å². The van der Waals surface area contributed by atoms with Gasteiger partial charge in [0.15, 0.2) is 0 Å². The summed E-state index contributed by atoms with van der Waals surface area (Å²) in [5.74, 6) is -0.149. The van der Waals surface area contributed by atoms with Crippen molar-refractivity contribution in [3.63, 3.8) is 0 Å². The third-order valence-electron chi connectivity index (χ3n) is 4.30. The Morgan fingerprint density at radius 3 is 2.68 bits per heavy atom. The molecule has 2 rings (SSSR count). The molecule has 0 aliphatic carbocycles. The molecule has 0 bridgehead atoms. The quantitative estimate of drug-likeness (QED) is 0.928. The lowest BCUT2D eigenvalue weighted by atomic mass is 9.94. The molecule has 2 heterocycles. The summed E-state index contributed by atoms with van der Waals surface area (Å²) in [7, 11) is 3.95. The Balaban J connectivity index is 2.09. The zero-order valence-corrected chi connectivity index (χ0v) is 14.1. The van der Waals surface area contributed by atoms with E-state index in [0.717, 1.165) is 31.6 Å². The van der Waals surface area contributed by atoms with Gasteiger partial charge in [0.25, 0.3) is 0 Å². The maximum absolute atomic E-state index is 14.1. The minimum absolute atomic E-state index is 0.0865. The van der Waals surface area contributed by atoms with Crippen molar-refractivity contribution in [1.82, 2.24) is 9.88 Å². The molecule has 5 heteroatoms. The molecule has 1 saturated heterocycles. The van der Waals surface area contributed by atoms with Gasteiger partial charge in [0.05, 0.1) is 23.2 Å². The average Bonchev–Trinajstić information content (AvgIpc) is 2.59. The van der Waals surface area contributed by atoms with E-state index in [9.17, 15) is 9.50 Å². The maximum Gasteiger partial charge on any atom is 0.147 e. The van der Waals surface area contributed by atoms with Gasteiger partial charge in [-0.25, -0.2) is 4.39 Å². The Kier molecular flexibility index (Phi) is 5.40. The van der Waals surface area contributed by atoms with Crippen LogP contribution >= 0.6 is 0 Å². The Hall–Kier alpha value is -1.20. The molecule has 0 aromatic carbocycles. The molecular formula is C17H28FN3O. The second-order valence-electron chi connectivity index (χ2n) is 7.02. The normalized spacial score (nSPS) is 23.2. The Morgan fingerprint density at radius 1 is 1.36 bits per heavy atom. The minimum Gasteiger partial charge on any atom is -0.388 e. The minimum atomic E-state index is -0.651. The first-order chi connectivity index (χ1) is 10.3. The molecule has 0 unspecified atom stereocenters. The van der Waals surface area contributed by atoms with Crippen molar-refractivity contribution in [3.05, 3.63) is 23.8 Å². The van der Waals surface area contributed by atoms with E-state index in [1.54, 1.807) is 12.3 Å². The first-order valence-corrected chi connectivity index (χ1v) is 8.08. The molecule has 0 saturated carbocycles. The fourth-order valence-corrected chi connectivity index (χ4v) is 3.22. The van der Waals surface area contributed by atoms with Gasteiger partial charge in [0.2, 0.25) is 0 Å². The van der Waals surface area contributed by atoms with Gasteiger partial charge >= 0.3 is 0 Å². The predicted molar refractivity (Wildman–Crippen MR) is 87.9 cm³/mol. The molecule has 0 spiro atoms. The number of aromatic nitrogens is 1. The lowest BCUT2D eigenvalue weighted by Gasteiger charge is -2.30. The van der Waals surface area contributed by atoms with Gasteiger partial charge in [-0.15, -0.1) is 0 Å². The Morgan fingerprint density at radius 2 is 2.09 bits per heavy atom. The number of likely N-dealkylation sites (N-methyl/N-ethyl adjacent to an activating group) is 1. The SMILES string of the molecule is CC(C)c1ncc(N2CCC[C@@](O)(CN(C)C)CC2)cc1F. The summed E-state index contributed by atoms with van der Waals surface area (Å²) >= 11 is 0. The monoisotopic (exact) mass is 309 g/mol. The number of hydrogen-bond donors (Lipinski definition) is 1. The number of pyridine rings is 1. The van der Waals surface area contributed by atoms with Crippen LogP contribution < -0.4 is 4.90 Å². The number of hydrogen-bond acceptors (Lipinski definition) is 4. The zero-order chi connectivity index (χ0) is 16.3. The van der Waals surface area contributed by atoms with Crippen LogP contribution in [0.5, 0.6) is 0 Å². The van der Waals surface area contributed by atoms with Gasteiger partial charge < -0.3 is 14.9 Å². The molecule has 124 valence electrons. The highest BCUT2D eigenvalue weighted by Crippen LogP contribution is 2.27. The van der Waals surface area contributed by atoms with Gasteiger partial charge in [0.1, 0.15) is 5.82 Å². The third-order valence-corrected chi connectivity index (χ3v) is 4.30. The highest BCUT2D eigenvalue weighted by atomic mass is 19.1. The lowest BCUT2D eigenvalue weighted by molar-refractivity contribution is 0.00538. The molecule has 22 heavy (non-hydrogen) atoms. The molecule has 4 nitrogen and oxygen atoms in total. The number of nitrogens with zero attached hydrogens (tertiary/aromatic N) is 3. The summed E-state index contributed by atoms with van der Waals surface area (Å²) in [6.07, 6.45) is 4.13. The largest absolute Gasteiger partial charge is 0.388 e. The first-order valence-electron chi connectivity index (χ1n) is 8.08. The van der Waals surface area contributed by atoms with E-state index < -0.39 is 5.60 Å². The van der Waals surface area contributed by atoms with Gasteiger partial charge in [0, 0.05) is 25.7 Å². The summed E-state index contributed by atoms with van der Waals surface area (Å²) in [5, 5.41) is 10.7. The van der Waals surface area contributed by atoms with E-state index >= 15 is 0 Å². The van der Waals surface area contributed by atoms with Crippen molar-refractivity contribution in [1.29, 1.82) is 0 Å². The Bertz CT molecular complexity index is 507. The molecule has 1 aliphatic rings. The average molecular weight is 309 g/mol. The van der Waals surface area contributed by atoms with Crippen molar-refractivity contribution in [2.75, 3.05) is 38.6 Å². The van der Waals surface area contributed by atoms with Crippen LogP contribution in [0.1, 0.15) is 44.7 Å². The smallest absolute Gasteiger partial charge is 0.147 e. The van der Waals surface area contributed by atoms with Gasteiger partial charge in [-0.2, -0.15) is 0 Å². The van der Waals surface area contributed by atoms with Crippen LogP contribution in [0.3, 0.4) is 0 Å². The van der Waals surface area contributed by atoms with E-state index in [1.807, 2.05) is 32.8 Å². The molecular weight excluding hydrogens is 281 g/mol. The fraction of sp³-hybridized carbons (Fsp3) is 0.706. The number of aliphatic hydroxyl groups is 1. The molecule has 1 aromatic rings. The van der Waals surface area contributed by atoms with E-state index in [-0.39, 0.29) is 11.7 Å². The number of rotatable bonds is 4. The van der Waals surface area contributed by atoms with Gasteiger partial charge in [-0.1, -0.05) is 13.8 Å². The summed E-state index contributed by atoms with van der Waals surface area (Å²) < 4.78 is 14.1. The predicted octanol–water partition coefficient (Wildman–Crippen LogP) is 2.63. The van der Waals surface area contributed by atoms with Gasteiger partial charge in [-0.05, 0) is 39.3 Å². The fourth-order valence-electron chi connectivity index (χ4n) is 3.22. The molecule has 0 radical (unpaired) electrons. The van der Waals surface area contributed by atoms with Crippen molar-refractivity contribution >= 4 is 5.69 Å². The van der Waals surface area contributed by atoms with Crippen LogP contribution in [0.4, 0.5) is 10.1 Å². The summed E-state index contributed by atoms with van der Waals surface area (Å²) in [4.78, 5) is 8.44. The lowest BCUT2D eigenvalue weighted by Crippen LogP contribution is -2.41. The van der Waals surface area contributed by atoms with E-state index in [2.05, 4.69) is 9.88 Å². The molecule has 1 atom stereocenters. The molecule has 1 aromatic heterocycles. The van der Waals surface area contributed by atoms with E-state index in [1.165, 1.54) is 0 Å². The standard InChI is InChI=1S/C17H28FN3O/c1-13(2)16-15(18)10-14(11-19-16)21-8-5-6-17(22,7-9-21)12-20(3)4/h10-11,13,22H,5-9,12H2,1-4H3/t17-/m0/s1. The van der Waals surface area contributed by atoms with Crippen molar-refractivity contribution in [2.45, 2.75) is 44.6 Å². The van der Waals surface area contributed by atoms with Crippen LogP contribution in [0, 0.1) is 5.82 Å². The first kappa shape index (κ1) is 17.2. The van der Waals surface area contributed by atoms with Crippen LogP contribution in [-0.4, -0.2) is 54.3 Å². The second kappa shape index (κ2) is 6.92. The molecule has 1 N–H and O–H groups in total. The zero-order valence-electron chi connectivity index (χ0n) is 14.1. The summed E-state index contributed by atoms with van der Waals surface area (Å²) in [5.41, 5.74) is 0.681. The summed E-state index contributed by atoms with van der Waals surface area (Å²) in [6.45, 7) is 6.11. The van der Waals surface area contributed by atoms with E-state index in [0.29, 0.717) is 18.7 Å². The maximum atomic E-state index is 14.1. The second-order valence-corrected chi connectivity index (χ2v) is 7.02. The highest BCUT2D eigenvalue weighted by Gasteiger charge is 2.31. The van der Waals surface area contributed by atoms with Crippen LogP contribution in [0.25, 0.3) is 0 Å². The number of anilines is 1. The van der Waals surface area contributed by atoms with Crippen LogP contribution in [-0.2, 0) is 0 Å². The number of halogens is 1.